The Morgan fingerprint density at radius 2 is 0.608 bits per heavy atom. The molecule has 2 nitrogen and oxygen atoms in total. The van der Waals surface area contributed by atoms with E-state index in [1.165, 1.54) is 105 Å². The average molecular weight is 1080 g/mol. The Bertz CT molecular complexity index is 3150. The van der Waals surface area contributed by atoms with Crippen LogP contribution in [0.3, 0.4) is 0 Å². The lowest BCUT2D eigenvalue weighted by Crippen LogP contribution is -2.24. The molecule has 0 bridgehead atoms. The quantitative estimate of drug-likeness (QED) is 0.165. The van der Waals surface area contributed by atoms with Gasteiger partial charge in [-0.15, -0.1) is 0 Å². The number of rotatable bonds is 8. The van der Waals surface area contributed by atoms with Crippen molar-refractivity contribution in [2.75, 3.05) is 0 Å². The molecule has 0 fully saturated rings. The minimum absolute atomic E-state index is 0.173. The fourth-order valence-corrected chi connectivity index (χ4v) is 13.4. The van der Waals surface area contributed by atoms with Crippen molar-refractivity contribution in [3.05, 3.63) is 155 Å². The molecule has 0 atom stereocenters. The number of phenols is 1. The molecule has 0 saturated heterocycles. The average Bonchev–Trinajstić information content (AvgIpc) is 3.30. The standard InChI is InChI=1S/C76H106O2S/c1-43-32-53(69(8,9)10)51(54(33-43)70(11,12)13)42-52-62(64-57(73(20,21)22)36-45(3)37-58(64)74(23,24)25)68(79-50-40-47(5)65(77)48(6)41-50)61(63-55(71(14,15)16)34-44(2)35-56(63)72(17,18)19)49(7)66(52)78-67-59(75(26,27)28)38-46(4)39-60(67)76(29,30)31/h32-41,77H,42H2,1-31H3. The monoisotopic (exact) mass is 1080 g/mol. The molecular weight excluding hydrogens is 977 g/mol. The molecule has 79 heavy (non-hydrogen) atoms. The SMILES string of the molecule is Cc1cc(C(C)(C)C)c(Cc2c(Oc3c(C(C)(C)C)cc(C)cc3C(C)(C)C)c(C)c(-c3c(C(C)(C)C)cc(C)cc3C(C)(C)C)c(Sc3cc(C)c(O)c(C)c3)c2-c2c(C(C)(C)C)cc(C)cc2C(C)(C)C)c(C(C)(C)C)c1. The van der Waals surface area contributed by atoms with Crippen LogP contribution in [0.4, 0.5) is 0 Å². The lowest BCUT2D eigenvalue weighted by molar-refractivity contribution is 0.426. The van der Waals surface area contributed by atoms with Crippen molar-refractivity contribution in [2.45, 2.75) is 274 Å². The molecular formula is C76H106O2S. The molecule has 0 saturated carbocycles. The number of aryl methyl sites for hydroxylation is 6. The van der Waals surface area contributed by atoms with Gasteiger partial charge in [0, 0.05) is 49.6 Å². The normalized spacial score (nSPS) is 13.4. The van der Waals surface area contributed by atoms with Crippen LogP contribution in [0.5, 0.6) is 17.2 Å². The summed E-state index contributed by atoms with van der Waals surface area (Å²) in [5, 5.41) is 11.5. The number of hydrogen-bond acceptors (Lipinski definition) is 3. The molecule has 0 aliphatic rings. The number of hydrogen-bond donors (Lipinski definition) is 1. The van der Waals surface area contributed by atoms with Gasteiger partial charge < -0.3 is 9.84 Å². The molecule has 0 aliphatic heterocycles. The van der Waals surface area contributed by atoms with E-state index in [2.05, 4.69) is 261 Å². The summed E-state index contributed by atoms with van der Waals surface area (Å²) in [5.41, 5.74) is 24.2. The first kappa shape index (κ1) is 63.5. The third kappa shape index (κ3) is 13.3. The van der Waals surface area contributed by atoms with Gasteiger partial charge in [-0.05, 0) is 165 Å². The van der Waals surface area contributed by atoms with Crippen LogP contribution in [0.1, 0.15) is 261 Å². The van der Waals surface area contributed by atoms with Crippen molar-refractivity contribution in [1.82, 2.24) is 0 Å². The number of phenolic OH excluding ortho intramolecular Hbond substituents is 1. The zero-order chi connectivity index (χ0) is 60.2. The Morgan fingerprint density at radius 1 is 0.329 bits per heavy atom. The smallest absolute Gasteiger partial charge is 0.135 e. The molecule has 0 heterocycles. The first-order valence-electron chi connectivity index (χ1n) is 29.5. The Hall–Kier alpha value is -4.73. The highest BCUT2D eigenvalue weighted by Gasteiger charge is 2.39. The van der Waals surface area contributed by atoms with Gasteiger partial charge in [0.05, 0.1) is 0 Å². The lowest BCUT2D eigenvalue weighted by atomic mass is 9.69. The molecule has 0 spiro atoms. The van der Waals surface area contributed by atoms with Crippen LogP contribution < -0.4 is 4.74 Å². The highest BCUT2D eigenvalue weighted by Crippen LogP contribution is 2.59. The second kappa shape index (κ2) is 21.2. The minimum atomic E-state index is -0.262. The molecule has 6 rings (SSSR count). The molecule has 6 aromatic rings. The van der Waals surface area contributed by atoms with E-state index in [9.17, 15) is 5.11 Å². The number of benzene rings is 6. The summed E-state index contributed by atoms with van der Waals surface area (Å²) < 4.78 is 8.45. The summed E-state index contributed by atoms with van der Waals surface area (Å²) in [6.45, 7) is 72.9. The van der Waals surface area contributed by atoms with E-state index in [1.807, 2.05) is 25.6 Å². The van der Waals surface area contributed by atoms with Gasteiger partial charge in [-0.2, -0.15) is 0 Å². The maximum atomic E-state index is 11.5. The maximum Gasteiger partial charge on any atom is 0.135 e. The largest absolute Gasteiger partial charge is 0.507 e. The van der Waals surface area contributed by atoms with Gasteiger partial charge in [0.1, 0.15) is 17.2 Å². The Morgan fingerprint density at radius 3 is 0.911 bits per heavy atom. The molecule has 0 amide bonds. The lowest BCUT2D eigenvalue weighted by Gasteiger charge is -2.38. The Kier molecular flexibility index (Phi) is 17.0. The van der Waals surface area contributed by atoms with Crippen LogP contribution in [0, 0.1) is 48.5 Å². The second-order valence-corrected chi connectivity index (χ2v) is 33.4. The maximum absolute atomic E-state index is 11.5. The fraction of sp³-hybridized carbons (Fsp3) is 0.526. The van der Waals surface area contributed by atoms with Crippen LogP contribution in [0.15, 0.2) is 70.5 Å². The summed E-state index contributed by atoms with van der Waals surface area (Å²) in [7, 11) is 0. The molecule has 0 aromatic heterocycles. The van der Waals surface area contributed by atoms with Crippen molar-refractivity contribution in [2.24, 2.45) is 0 Å². The molecule has 0 unspecified atom stereocenters. The van der Waals surface area contributed by atoms with E-state index in [0.717, 1.165) is 33.1 Å². The van der Waals surface area contributed by atoms with Crippen LogP contribution in [0.2, 0.25) is 0 Å². The van der Waals surface area contributed by atoms with Crippen molar-refractivity contribution in [3.8, 4) is 39.5 Å². The predicted octanol–water partition coefficient (Wildman–Crippen LogP) is 22.8. The summed E-state index contributed by atoms with van der Waals surface area (Å²) in [4.78, 5) is 2.32. The van der Waals surface area contributed by atoms with Gasteiger partial charge in [-0.3, -0.25) is 0 Å². The molecule has 3 heteroatoms. The van der Waals surface area contributed by atoms with Crippen molar-refractivity contribution in [1.29, 1.82) is 0 Å². The van der Waals surface area contributed by atoms with E-state index < -0.39 is 0 Å². The van der Waals surface area contributed by atoms with Gasteiger partial charge in [-0.1, -0.05) is 249 Å². The van der Waals surface area contributed by atoms with Gasteiger partial charge in [0.25, 0.3) is 0 Å². The highest BCUT2D eigenvalue weighted by atomic mass is 32.2. The van der Waals surface area contributed by atoms with Gasteiger partial charge in [0.2, 0.25) is 0 Å². The van der Waals surface area contributed by atoms with Crippen molar-refractivity contribution < 1.29 is 9.84 Å². The molecule has 1 N–H and O–H groups in total. The summed E-state index contributed by atoms with van der Waals surface area (Å²) >= 11 is 1.88. The van der Waals surface area contributed by atoms with E-state index >= 15 is 0 Å². The third-order valence-electron chi connectivity index (χ3n) is 16.1. The predicted molar refractivity (Wildman–Crippen MR) is 348 cm³/mol. The zero-order valence-corrected chi connectivity index (χ0v) is 56.6. The van der Waals surface area contributed by atoms with Crippen LogP contribution >= 0.6 is 11.8 Å². The van der Waals surface area contributed by atoms with Crippen molar-refractivity contribution >= 4 is 11.8 Å². The van der Waals surface area contributed by atoms with Gasteiger partial charge in [0.15, 0.2) is 0 Å². The Labute approximate surface area is 487 Å². The fourth-order valence-electron chi connectivity index (χ4n) is 12.1. The molecule has 0 radical (unpaired) electrons. The number of ether oxygens (including phenoxy) is 1. The van der Waals surface area contributed by atoms with E-state index in [4.69, 9.17) is 4.74 Å². The summed E-state index contributed by atoms with van der Waals surface area (Å²) in [5.74, 6) is 2.25. The topological polar surface area (TPSA) is 29.5 Å². The summed E-state index contributed by atoms with van der Waals surface area (Å²) in [6, 6.07) is 24.1. The minimum Gasteiger partial charge on any atom is -0.507 e. The third-order valence-corrected chi connectivity index (χ3v) is 17.2. The summed E-state index contributed by atoms with van der Waals surface area (Å²) in [6.07, 6.45) is 0.640. The highest BCUT2D eigenvalue weighted by molar-refractivity contribution is 7.99. The van der Waals surface area contributed by atoms with E-state index in [0.29, 0.717) is 12.2 Å². The number of aromatic hydroxyl groups is 1. The van der Waals surface area contributed by atoms with Crippen LogP contribution in [-0.2, 0) is 49.7 Å². The first-order chi connectivity index (χ1) is 35.5. The molecule has 6 aromatic carbocycles. The van der Waals surface area contributed by atoms with Crippen LogP contribution in [0.25, 0.3) is 22.3 Å². The van der Waals surface area contributed by atoms with E-state index in [1.54, 1.807) is 0 Å². The first-order valence-corrected chi connectivity index (χ1v) is 30.3. The van der Waals surface area contributed by atoms with E-state index in [-0.39, 0.29) is 43.3 Å². The Balaban J connectivity index is 2.21. The van der Waals surface area contributed by atoms with Crippen LogP contribution in [-0.4, -0.2) is 5.11 Å². The van der Waals surface area contributed by atoms with Gasteiger partial charge in [-0.25, -0.2) is 0 Å². The second-order valence-electron chi connectivity index (χ2n) is 32.3. The molecule has 0 aliphatic carbocycles. The zero-order valence-electron chi connectivity index (χ0n) is 55.7. The molecule has 428 valence electrons. The van der Waals surface area contributed by atoms with Gasteiger partial charge >= 0.3 is 0 Å². The van der Waals surface area contributed by atoms with Crippen molar-refractivity contribution in [3.63, 3.8) is 0 Å².